The van der Waals surface area contributed by atoms with Gasteiger partial charge in [-0.25, -0.2) is 0 Å². The van der Waals surface area contributed by atoms with Crippen LogP contribution in [0, 0.1) is 5.92 Å². The molecule has 0 aromatic heterocycles. The fraction of sp³-hybridized carbons (Fsp3) is 0.368. The quantitative estimate of drug-likeness (QED) is 0.784. The third-order valence-electron chi connectivity index (χ3n) is 4.37. The Balaban J connectivity index is 1.61. The zero-order valence-electron chi connectivity index (χ0n) is 12.6. The summed E-state index contributed by atoms with van der Waals surface area (Å²) in [4.78, 5) is 0. The largest absolute Gasteiger partial charge is 0.457 e. The summed E-state index contributed by atoms with van der Waals surface area (Å²) in [5.41, 5.74) is 1.20. The SMILES string of the molecule is CCC1CCCC1Nc1ccc(Oc2ccccc2)cc1. The van der Waals surface area contributed by atoms with E-state index in [-0.39, 0.29) is 0 Å². The Morgan fingerprint density at radius 1 is 0.952 bits per heavy atom. The van der Waals surface area contributed by atoms with Crippen molar-refractivity contribution in [3.05, 3.63) is 54.6 Å². The molecule has 110 valence electrons. The first-order valence-electron chi connectivity index (χ1n) is 7.94. The summed E-state index contributed by atoms with van der Waals surface area (Å²) in [7, 11) is 0. The molecule has 3 rings (SSSR count). The Labute approximate surface area is 127 Å². The molecule has 2 unspecified atom stereocenters. The summed E-state index contributed by atoms with van der Waals surface area (Å²) in [5, 5.41) is 3.68. The van der Waals surface area contributed by atoms with Gasteiger partial charge in [0.1, 0.15) is 11.5 Å². The van der Waals surface area contributed by atoms with Crippen LogP contribution >= 0.6 is 0 Å². The molecule has 1 fully saturated rings. The van der Waals surface area contributed by atoms with Crippen molar-refractivity contribution in [2.75, 3.05) is 5.32 Å². The van der Waals surface area contributed by atoms with Gasteiger partial charge in [-0.2, -0.15) is 0 Å². The molecule has 0 bridgehead atoms. The van der Waals surface area contributed by atoms with Gasteiger partial charge in [0, 0.05) is 11.7 Å². The fourth-order valence-corrected chi connectivity index (χ4v) is 3.17. The van der Waals surface area contributed by atoms with Gasteiger partial charge in [0.2, 0.25) is 0 Å². The lowest BCUT2D eigenvalue weighted by atomic mass is 10.0. The van der Waals surface area contributed by atoms with Crippen molar-refractivity contribution in [1.82, 2.24) is 0 Å². The standard InChI is InChI=1S/C19H23NO/c1-2-15-7-6-10-19(15)20-16-11-13-18(14-12-16)21-17-8-4-3-5-9-17/h3-5,8-9,11-15,19-20H,2,6-7,10H2,1H3. The van der Waals surface area contributed by atoms with Crippen molar-refractivity contribution in [1.29, 1.82) is 0 Å². The zero-order valence-corrected chi connectivity index (χ0v) is 12.6. The molecular formula is C19H23NO. The minimum absolute atomic E-state index is 0.635. The van der Waals surface area contributed by atoms with Crippen LogP contribution in [0.3, 0.4) is 0 Å². The van der Waals surface area contributed by atoms with Crippen LogP contribution < -0.4 is 10.1 Å². The highest BCUT2D eigenvalue weighted by Crippen LogP contribution is 2.31. The molecule has 2 heteroatoms. The van der Waals surface area contributed by atoms with Crippen LogP contribution in [0.15, 0.2) is 54.6 Å². The predicted molar refractivity (Wildman–Crippen MR) is 88.0 cm³/mol. The van der Waals surface area contributed by atoms with Crippen molar-refractivity contribution in [3.63, 3.8) is 0 Å². The van der Waals surface area contributed by atoms with E-state index in [0.29, 0.717) is 6.04 Å². The van der Waals surface area contributed by atoms with Gasteiger partial charge in [-0.05, 0) is 55.2 Å². The van der Waals surface area contributed by atoms with Gasteiger partial charge in [0.25, 0.3) is 0 Å². The molecule has 0 aliphatic heterocycles. The van der Waals surface area contributed by atoms with E-state index >= 15 is 0 Å². The third-order valence-corrected chi connectivity index (χ3v) is 4.37. The lowest BCUT2D eigenvalue weighted by Crippen LogP contribution is -2.23. The molecule has 2 nitrogen and oxygen atoms in total. The van der Waals surface area contributed by atoms with Gasteiger partial charge in [-0.1, -0.05) is 38.0 Å². The molecule has 2 aromatic rings. The molecule has 2 atom stereocenters. The molecule has 2 aromatic carbocycles. The lowest BCUT2D eigenvalue weighted by Gasteiger charge is -2.21. The highest BCUT2D eigenvalue weighted by Gasteiger charge is 2.25. The monoisotopic (exact) mass is 281 g/mol. The molecule has 1 N–H and O–H groups in total. The van der Waals surface area contributed by atoms with E-state index in [2.05, 4.69) is 24.4 Å². The van der Waals surface area contributed by atoms with E-state index in [1.807, 2.05) is 42.5 Å². The second-order valence-corrected chi connectivity index (χ2v) is 5.79. The lowest BCUT2D eigenvalue weighted by molar-refractivity contribution is 0.481. The number of nitrogens with one attached hydrogen (secondary N) is 1. The van der Waals surface area contributed by atoms with Crippen LogP contribution in [-0.4, -0.2) is 6.04 Å². The molecule has 0 spiro atoms. The minimum atomic E-state index is 0.635. The maximum atomic E-state index is 5.82. The Hall–Kier alpha value is -1.96. The highest BCUT2D eigenvalue weighted by molar-refractivity contribution is 5.48. The van der Waals surface area contributed by atoms with Crippen molar-refractivity contribution in [3.8, 4) is 11.5 Å². The molecule has 0 radical (unpaired) electrons. The Morgan fingerprint density at radius 2 is 1.67 bits per heavy atom. The average Bonchev–Trinajstić information content (AvgIpc) is 2.97. The molecule has 1 aliphatic carbocycles. The van der Waals surface area contributed by atoms with E-state index in [1.165, 1.54) is 31.4 Å². The summed E-state index contributed by atoms with van der Waals surface area (Å²) < 4.78 is 5.82. The van der Waals surface area contributed by atoms with Crippen LogP contribution in [0.2, 0.25) is 0 Å². The Kier molecular flexibility index (Phi) is 4.44. The second kappa shape index (κ2) is 6.66. The van der Waals surface area contributed by atoms with E-state index in [0.717, 1.165) is 17.4 Å². The summed E-state index contributed by atoms with van der Waals surface area (Å²) in [5.74, 6) is 2.58. The number of hydrogen-bond donors (Lipinski definition) is 1. The molecule has 0 heterocycles. The number of anilines is 1. The highest BCUT2D eigenvalue weighted by atomic mass is 16.5. The smallest absolute Gasteiger partial charge is 0.127 e. The van der Waals surface area contributed by atoms with E-state index < -0.39 is 0 Å². The maximum Gasteiger partial charge on any atom is 0.127 e. The number of hydrogen-bond acceptors (Lipinski definition) is 2. The summed E-state index contributed by atoms with van der Waals surface area (Å²) in [6.07, 6.45) is 5.28. The first kappa shape index (κ1) is 14.0. The van der Waals surface area contributed by atoms with E-state index in [9.17, 15) is 0 Å². The predicted octanol–water partition coefficient (Wildman–Crippen LogP) is 5.47. The zero-order chi connectivity index (χ0) is 14.5. The topological polar surface area (TPSA) is 21.3 Å². The van der Waals surface area contributed by atoms with E-state index in [4.69, 9.17) is 4.74 Å². The van der Waals surface area contributed by atoms with Crippen LogP contribution in [0.25, 0.3) is 0 Å². The van der Waals surface area contributed by atoms with Gasteiger partial charge in [0.15, 0.2) is 0 Å². The van der Waals surface area contributed by atoms with Crippen molar-refractivity contribution >= 4 is 5.69 Å². The Bertz CT molecular complexity index is 550. The molecule has 0 amide bonds. The van der Waals surface area contributed by atoms with Crippen LogP contribution in [0.5, 0.6) is 11.5 Å². The van der Waals surface area contributed by atoms with Gasteiger partial charge in [-0.3, -0.25) is 0 Å². The number of ether oxygens (including phenoxy) is 1. The second-order valence-electron chi connectivity index (χ2n) is 5.79. The van der Waals surface area contributed by atoms with Gasteiger partial charge < -0.3 is 10.1 Å². The summed E-state index contributed by atoms with van der Waals surface area (Å²) in [6.45, 7) is 2.29. The van der Waals surface area contributed by atoms with E-state index in [1.54, 1.807) is 0 Å². The number of rotatable bonds is 5. The number of benzene rings is 2. The summed E-state index contributed by atoms with van der Waals surface area (Å²) >= 11 is 0. The van der Waals surface area contributed by atoms with Crippen LogP contribution in [-0.2, 0) is 0 Å². The fourth-order valence-electron chi connectivity index (χ4n) is 3.17. The first-order chi connectivity index (χ1) is 10.3. The van der Waals surface area contributed by atoms with Crippen molar-refractivity contribution in [2.24, 2.45) is 5.92 Å². The Morgan fingerprint density at radius 3 is 2.38 bits per heavy atom. The minimum Gasteiger partial charge on any atom is -0.457 e. The summed E-state index contributed by atoms with van der Waals surface area (Å²) in [6, 6.07) is 18.8. The van der Waals surface area contributed by atoms with Crippen LogP contribution in [0.1, 0.15) is 32.6 Å². The van der Waals surface area contributed by atoms with Gasteiger partial charge in [0.05, 0.1) is 0 Å². The number of para-hydroxylation sites is 1. The van der Waals surface area contributed by atoms with Crippen molar-refractivity contribution in [2.45, 2.75) is 38.6 Å². The normalized spacial score (nSPS) is 21.2. The first-order valence-corrected chi connectivity index (χ1v) is 7.94. The maximum absolute atomic E-state index is 5.82. The van der Waals surface area contributed by atoms with Crippen LogP contribution in [0.4, 0.5) is 5.69 Å². The molecule has 21 heavy (non-hydrogen) atoms. The van der Waals surface area contributed by atoms with Gasteiger partial charge >= 0.3 is 0 Å². The molecule has 1 aliphatic rings. The molecule has 0 saturated heterocycles. The molecule has 1 saturated carbocycles. The average molecular weight is 281 g/mol. The third kappa shape index (κ3) is 3.57. The molecular weight excluding hydrogens is 258 g/mol. The van der Waals surface area contributed by atoms with Gasteiger partial charge in [-0.15, -0.1) is 0 Å². The van der Waals surface area contributed by atoms with Crippen molar-refractivity contribution < 1.29 is 4.74 Å².